The average Bonchev–Trinajstić information content (AvgIpc) is 2.53. The molecule has 0 radical (unpaired) electrons. The van der Waals surface area contributed by atoms with Crippen molar-refractivity contribution in [2.75, 3.05) is 6.54 Å². The van der Waals surface area contributed by atoms with E-state index >= 15 is 0 Å². The molecule has 2 aromatic carbocycles. The van der Waals surface area contributed by atoms with Crippen molar-refractivity contribution in [3.05, 3.63) is 70.8 Å². The van der Waals surface area contributed by atoms with E-state index < -0.39 is 0 Å². The highest BCUT2D eigenvalue weighted by atomic mass is 16.2. The molecule has 2 aromatic rings. The van der Waals surface area contributed by atoms with E-state index in [1.807, 2.05) is 62.4 Å². The van der Waals surface area contributed by atoms with Gasteiger partial charge in [-0.3, -0.25) is 9.59 Å². The van der Waals surface area contributed by atoms with Crippen molar-refractivity contribution in [1.29, 1.82) is 0 Å². The van der Waals surface area contributed by atoms with Crippen LogP contribution in [0.5, 0.6) is 0 Å². The Kier molecular flexibility index (Phi) is 6.13. The van der Waals surface area contributed by atoms with E-state index in [1.54, 1.807) is 4.90 Å². The third kappa shape index (κ3) is 5.23. The largest absolute Gasteiger partial charge is 0.350 e. The Morgan fingerprint density at radius 2 is 1.79 bits per heavy atom. The standard InChI is InChI=1S/C20H24N2O2/c1-15-7-6-9-18(11-15)13-22(17(3)23)14-20(24)21-12-19-10-5-4-8-16(19)2/h4-11H,12-14H2,1-3H3,(H,21,24). The molecule has 0 saturated heterocycles. The van der Waals surface area contributed by atoms with Crippen LogP contribution in [0.25, 0.3) is 0 Å². The quantitative estimate of drug-likeness (QED) is 0.888. The number of amides is 2. The SMILES string of the molecule is CC(=O)N(CC(=O)NCc1ccccc1C)Cc1cccc(C)c1. The van der Waals surface area contributed by atoms with Crippen molar-refractivity contribution in [3.8, 4) is 0 Å². The zero-order valence-corrected chi connectivity index (χ0v) is 14.5. The molecule has 126 valence electrons. The van der Waals surface area contributed by atoms with Crippen LogP contribution in [0.4, 0.5) is 0 Å². The summed E-state index contributed by atoms with van der Waals surface area (Å²) >= 11 is 0. The van der Waals surface area contributed by atoms with Gasteiger partial charge in [-0.1, -0.05) is 54.1 Å². The van der Waals surface area contributed by atoms with Crippen LogP contribution in [-0.2, 0) is 22.7 Å². The molecule has 2 amide bonds. The molecule has 0 aliphatic carbocycles. The lowest BCUT2D eigenvalue weighted by molar-refractivity contribution is -0.135. The molecule has 0 saturated carbocycles. The smallest absolute Gasteiger partial charge is 0.239 e. The number of hydrogen-bond acceptors (Lipinski definition) is 2. The first-order valence-corrected chi connectivity index (χ1v) is 8.08. The molecule has 4 nitrogen and oxygen atoms in total. The maximum absolute atomic E-state index is 12.2. The summed E-state index contributed by atoms with van der Waals surface area (Å²) in [4.78, 5) is 25.6. The van der Waals surface area contributed by atoms with E-state index in [4.69, 9.17) is 0 Å². The van der Waals surface area contributed by atoms with Crippen LogP contribution in [0, 0.1) is 13.8 Å². The molecule has 0 aromatic heterocycles. The Morgan fingerprint density at radius 3 is 2.46 bits per heavy atom. The van der Waals surface area contributed by atoms with Gasteiger partial charge in [-0.05, 0) is 30.5 Å². The number of benzene rings is 2. The summed E-state index contributed by atoms with van der Waals surface area (Å²) in [5, 5.41) is 2.89. The second-order valence-electron chi connectivity index (χ2n) is 6.07. The van der Waals surface area contributed by atoms with Gasteiger partial charge in [0.2, 0.25) is 11.8 Å². The van der Waals surface area contributed by atoms with Gasteiger partial charge in [-0.2, -0.15) is 0 Å². The molecule has 0 heterocycles. The average molecular weight is 324 g/mol. The zero-order valence-electron chi connectivity index (χ0n) is 14.5. The lowest BCUT2D eigenvalue weighted by Crippen LogP contribution is -2.39. The first kappa shape index (κ1) is 17.7. The normalized spacial score (nSPS) is 10.3. The molecule has 24 heavy (non-hydrogen) atoms. The fourth-order valence-corrected chi connectivity index (χ4v) is 2.54. The Hall–Kier alpha value is -2.62. The molecule has 0 unspecified atom stereocenters. The van der Waals surface area contributed by atoms with Crippen LogP contribution < -0.4 is 5.32 Å². The molecule has 0 fully saturated rings. The molecule has 0 spiro atoms. The van der Waals surface area contributed by atoms with Crippen LogP contribution in [0.3, 0.4) is 0 Å². The number of nitrogens with zero attached hydrogens (tertiary/aromatic N) is 1. The van der Waals surface area contributed by atoms with Crippen molar-refractivity contribution in [1.82, 2.24) is 10.2 Å². The van der Waals surface area contributed by atoms with E-state index in [1.165, 1.54) is 6.92 Å². The lowest BCUT2D eigenvalue weighted by Gasteiger charge is -2.21. The van der Waals surface area contributed by atoms with Crippen LogP contribution in [-0.4, -0.2) is 23.3 Å². The number of hydrogen-bond donors (Lipinski definition) is 1. The lowest BCUT2D eigenvalue weighted by atomic mass is 10.1. The molecule has 0 aliphatic heterocycles. The first-order valence-electron chi connectivity index (χ1n) is 8.08. The van der Waals surface area contributed by atoms with Crippen molar-refractivity contribution in [2.45, 2.75) is 33.9 Å². The summed E-state index contributed by atoms with van der Waals surface area (Å²) in [7, 11) is 0. The van der Waals surface area contributed by atoms with Gasteiger partial charge in [-0.15, -0.1) is 0 Å². The van der Waals surface area contributed by atoms with E-state index in [0.29, 0.717) is 13.1 Å². The maximum Gasteiger partial charge on any atom is 0.239 e. The van der Waals surface area contributed by atoms with Gasteiger partial charge in [-0.25, -0.2) is 0 Å². The predicted octanol–water partition coefficient (Wildman–Crippen LogP) is 2.97. The second-order valence-corrected chi connectivity index (χ2v) is 6.07. The van der Waals surface area contributed by atoms with Crippen molar-refractivity contribution in [2.24, 2.45) is 0 Å². The maximum atomic E-state index is 12.2. The Morgan fingerprint density at radius 1 is 1.04 bits per heavy atom. The molecular formula is C20H24N2O2. The van der Waals surface area contributed by atoms with Crippen LogP contribution in [0.15, 0.2) is 48.5 Å². The highest BCUT2D eigenvalue weighted by Gasteiger charge is 2.14. The van der Waals surface area contributed by atoms with Crippen LogP contribution in [0.1, 0.15) is 29.2 Å². The summed E-state index contributed by atoms with van der Waals surface area (Å²) in [6.45, 7) is 6.49. The van der Waals surface area contributed by atoms with Crippen LogP contribution >= 0.6 is 0 Å². The molecule has 0 aliphatic rings. The van der Waals surface area contributed by atoms with Gasteiger partial charge in [0.25, 0.3) is 0 Å². The van der Waals surface area contributed by atoms with Crippen molar-refractivity contribution < 1.29 is 9.59 Å². The highest BCUT2D eigenvalue weighted by Crippen LogP contribution is 2.09. The molecule has 0 bridgehead atoms. The Labute approximate surface area is 143 Å². The first-order chi connectivity index (χ1) is 11.5. The van der Waals surface area contributed by atoms with Gasteiger partial charge in [0.05, 0.1) is 6.54 Å². The predicted molar refractivity (Wildman–Crippen MR) is 95.3 cm³/mol. The van der Waals surface area contributed by atoms with E-state index in [-0.39, 0.29) is 18.4 Å². The van der Waals surface area contributed by atoms with Crippen LogP contribution in [0.2, 0.25) is 0 Å². The summed E-state index contributed by atoms with van der Waals surface area (Å²) in [5.74, 6) is -0.261. The summed E-state index contributed by atoms with van der Waals surface area (Å²) in [5.41, 5.74) is 4.39. The third-order valence-electron chi connectivity index (χ3n) is 3.97. The molecular weight excluding hydrogens is 300 g/mol. The number of carbonyl (C=O) groups excluding carboxylic acids is 2. The number of aryl methyl sites for hydroxylation is 2. The van der Waals surface area contributed by atoms with E-state index in [2.05, 4.69) is 5.32 Å². The Bertz CT molecular complexity index is 725. The molecule has 4 heteroatoms. The molecule has 1 N–H and O–H groups in total. The van der Waals surface area contributed by atoms with Gasteiger partial charge in [0.15, 0.2) is 0 Å². The summed E-state index contributed by atoms with van der Waals surface area (Å²) in [6, 6.07) is 15.9. The minimum Gasteiger partial charge on any atom is -0.350 e. The van der Waals surface area contributed by atoms with E-state index in [9.17, 15) is 9.59 Å². The minimum absolute atomic E-state index is 0.0646. The van der Waals surface area contributed by atoms with Crippen molar-refractivity contribution >= 4 is 11.8 Å². The van der Waals surface area contributed by atoms with E-state index in [0.717, 1.165) is 22.3 Å². The number of nitrogens with one attached hydrogen (secondary N) is 1. The number of rotatable bonds is 6. The fourth-order valence-electron chi connectivity index (χ4n) is 2.54. The van der Waals surface area contributed by atoms with Crippen molar-refractivity contribution in [3.63, 3.8) is 0 Å². The second kappa shape index (κ2) is 8.29. The van der Waals surface area contributed by atoms with Gasteiger partial charge < -0.3 is 10.2 Å². The number of carbonyl (C=O) groups is 2. The van der Waals surface area contributed by atoms with Gasteiger partial charge >= 0.3 is 0 Å². The highest BCUT2D eigenvalue weighted by molar-refractivity contribution is 5.83. The fraction of sp³-hybridized carbons (Fsp3) is 0.300. The Balaban J connectivity index is 1.93. The minimum atomic E-state index is -0.152. The topological polar surface area (TPSA) is 49.4 Å². The summed E-state index contributed by atoms with van der Waals surface area (Å²) < 4.78 is 0. The summed E-state index contributed by atoms with van der Waals surface area (Å²) in [6.07, 6.45) is 0. The van der Waals surface area contributed by atoms with Gasteiger partial charge in [0.1, 0.15) is 0 Å². The molecule has 0 atom stereocenters. The third-order valence-corrected chi connectivity index (χ3v) is 3.97. The zero-order chi connectivity index (χ0) is 17.5. The molecule has 2 rings (SSSR count). The van der Waals surface area contributed by atoms with Gasteiger partial charge in [0, 0.05) is 20.0 Å². The monoisotopic (exact) mass is 324 g/mol.